The van der Waals surface area contributed by atoms with Gasteiger partial charge in [0.05, 0.1) is 11.9 Å². The van der Waals surface area contributed by atoms with E-state index >= 15 is 0 Å². The number of benzene rings is 2. The standard InChI is InChI=1S/C19H22FNO2S/c1-14(2)23-17-9-7-15(8-10-17)11-21-19(22)13-24-12-16-5-3-4-6-18(16)20/h3-10,14H,11-13H2,1-2H3,(H,21,22). The summed E-state index contributed by atoms with van der Waals surface area (Å²) in [6.07, 6.45) is 0.141. The third-order valence-electron chi connectivity index (χ3n) is 3.23. The molecule has 24 heavy (non-hydrogen) atoms. The Labute approximate surface area is 146 Å². The van der Waals surface area contributed by atoms with Crippen LogP contribution in [0.5, 0.6) is 5.75 Å². The zero-order chi connectivity index (χ0) is 17.4. The Bertz CT molecular complexity index is 659. The number of carbonyl (C=O) groups is 1. The minimum absolute atomic E-state index is 0.0566. The molecule has 0 spiro atoms. The zero-order valence-corrected chi connectivity index (χ0v) is 14.7. The summed E-state index contributed by atoms with van der Waals surface area (Å²) in [7, 11) is 0. The molecule has 2 rings (SSSR count). The van der Waals surface area contributed by atoms with Crippen molar-refractivity contribution in [1.29, 1.82) is 0 Å². The van der Waals surface area contributed by atoms with Crippen LogP contribution in [0, 0.1) is 5.82 Å². The maximum absolute atomic E-state index is 13.5. The predicted molar refractivity (Wildman–Crippen MR) is 96.6 cm³/mol. The SMILES string of the molecule is CC(C)Oc1ccc(CNC(=O)CSCc2ccccc2F)cc1. The number of hydrogen-bond donors (Lipinski definition) is 1. The Balaban J connectivity index is 1.70. The summed E-state index contributed by atoms with van der Waals surface area (Å²) in [6.45, 7) is 4.43. The summed E-state index contributed by atoms with van der Waals surface area (Å²) < 4.78 is 19.0. The van der Waals surface area contributed by atoms with Gasteiger partial charge < -0.3 is 10.1 Å². The van der Waals surface area contributed by atoms with E-state index in [4.69, 9.17) is 4.74 Å². The minimum Gasteiger partial charge on any atom is -0.491 e. The van der Waals surface area contributed by atoms with Crippen molar-refractivity contribution in [3.63, 3.8) is 0 Å². The Hall–Kier alpha value is -2.01. The lowest BCUT2D eigenvalue weighted by molar-refractivity contribution is -0.118. The molecule has 0 saturated carbocycles. The van der Waals surface area contributed by atoms with E-state index in [1.54, 1.807) is 18.2 Å². The number of halogens is 1. The van der Waals surface area contributed by atoms with Crippen molar-refractivity contribution >= 4 is 17.7 Å². The van der Waals surface area contributed by atoms with Crippen molar-refractivity contribution in [2.24, 2.45) is 0 Å². The molecule has 0 radical (unpaired) electrons. The van der Waals surface area contributed by atoms with Crippen molar-refractivity contribution in [3.8, 4) is 5.75 Å². The molecule has 2 aromatic rings. The van der Waals surface area contributed by atoms with Gasteiger partial charge in [-0.15, -0.1) is 11.8 Å². The second-order valence-corrected chi connectivity index (χ2v) is 6.66. The summed E-state index contributed by atoms with van der Waals surface area (Å²) in [4.78, 5) is 11.9. The van der Waals surface area contributed by atoms with E-state index in [0.717, 1.165) is 11.3 Å². The van der Waals surface area contributed by atoms with Crippen LogP contribution in [0.1, 0.15) is 25.0 Å². The molecule has 2 aromatic carbocycles. The van der Waals surface area contributed by atoms with Gasteiger partial charge in [-0.25, -0.2) is 4.39 Å². The van der Waals surface area contributed by atoms with Crippen molar-refractivity contribution in [3.05, 3.63) is 65.5 Å². The first kappa shape index (κ1) is 18.3. The van der Waals surface area contributed by atoms with E-state index in [0.29, 0.717) is 23.6 Å². The van der Waals surface area contributed by atoms with E-state index in [9.17, 15) is 9.18 Å². The first-order valence-corrected chi connectivity index (χ1v) is 9.03. The molecule has 1 amide bonds. The minimum atomic E-state index is -0.228. The highest BCUT2D eigenvalue weighted by Crippen LogP contribution is 2.16. The third kappa shape index (κ3) is 6.24. The summed E-state index contributed by atoms with van der Waals surface area (Å²) in [5.74, 6) is 1.33. The lowest BCUT2D eigenvalue weighted by atomic mass is 10.2. The maximum Gasteiger partial charge on any atom is 0.230 e. The second kappa shape index (κ2) is 9.33. The van der Waals surface area contributed by atoms with Crippen LogP contribution in [0.25, 0.3) is 0 Å². The molecule has 3 nitrogen and oxygen atoms in total. The molecule has 0 heterocycles. The van der Waals surface area contributed by atoms with Gasteiger partial charge in [0.1, 0.15) is 11.6 Å². The molecule has 0 aliphatic heterocycles. The average Bonchev–Trinajstić information content (AvgIpc) is 2.55. The molecule has 0 bridgehead atoms. The van der Waals surface area contributed by atoms with Gasteiger partial charge in [0.2, 0.25) is 5.91 Å². The molecule has 5 heteroatoms. The number of hydrogen-bond acceptors (Lipinski definition) is 3. The predicted octanol–water partition coefficient (Wildman–Crippen LogP) is 4.16. The van der Waals surface area contributed by atoms with E-state index in [-0.39, 0.29) is 17.8 Å². The van der Waals surface area contributed by atoms with Crippen molar-refractivity contribution in [2.45, 2.75) is 32.2 Å². The van der Waals surface area contributed by atoms with Crippen molar-refractivity contribution < 1.29 is 13.9 Å². The molecule has 0 saturated heterocycles. The summed E-state index contributed by atoms with van der Waals surface area (Å²) >= 11 is 1.40. The normalized spacial score (nSPS) is 10.7. The lowest BCUT2D eigenvalue weighted by Gasteiger charge is -2.10. The van der Waals surface area contributed by atoms with Crippen LogP contribution in [-0.2, 0) is 17.1 Å². The fourth-order valence-electron chi connectivity index (χ4n) is 2.08. The molecular formula is C19H22FNO2S. The van der Waals surface area contributed by atoms with Gasteiger partial charge in [-0.3, -0.25) is 4.79 Å². The van der Waals surface area contributed by atoms with Crippen molar-refractivity contribution in [1.82, 2.24) is 5.32 Å². The highest BCUT2D eigenvalue weighted by atomic mass is 32.2. The first-order valence-electron chi connectivity index (χ1n) is 7.88. The fraction of sp³-hybridized carbons (Fsp3) is 0.316. The van der Waals surface area contributed by atoms with E-state index in [2.05, 4.69) is 5.32 Å². The van der Waals surface area contributed by atoms with Gasteiger partial charge in [-0.1, -0.05) is 30.3 Å². The number of ether oxygens (including phenoxy) is 1. The number of rotatable bonds is 8. The molecule has 128 valence electrons. The molecule has 0 aliphatic carbocycles. The molecular weight excluding hydrogens is 325 g/mol. The average molecular weight is 347 g/mol. The maximum atomic E-state index is 13.5. The van der Waals surface area contributed by atoms with Gasteiger partial charge >= 0.3 is 0 Å². The lowest BCUT2D eigenvalue weighted by Crippen LogP contribution is -2.24. The highest BCUT2D eigenvalue weighted by Gasteiger charge is 2.05. The van der Waals surface area contributed by atoms with E-state index < -0.39 is 0 Å². The van der Waals surface area contributed by atoms with E-state index in [1.165, 1.54) is 17.8 Å². The fourth-order valence-corrected chi connectivity index (χ4v) is 2.92. The zero-order valence-electron chi connectivity index (χ0n) is 13.9. The third-order valence-corrected chi connectivity index (χ3v) is 4.21. The van der Waals surface area contributed by atoms with Gasteiger partial charge in [-0.2, -0.15) is 0 Å². The Morgan fingerprint density at radius 3 is 2.54 bits per heavy atom. The molecule has 0 fully saturated rings. The Morgan fingerprint density at radius 2 is 1.88 bits per heavy atom. The highest BCUT2D eigenvalue weighted by molar-refractivity contribution is 7.99. The second-order valence-electron chi connectivity index (χ2n) is 5.67. The molecule has 1 N–H and O–H groups in total. The largest absolute Gasteiger partial charge is 0.491 e. The van der Waals surface area contributed by atoms with Crippen LogP contribution >= 0.6 is 11.8 Å². The molecule has 0 atom stereocenters. The Morgan fingerprint density at radius 1 is 1.17 bits per heavy atom. The van der Waals surface area contributed by atoms with Gasteiger partial charge in [0.25, 0.3) is 0 Å². The molecule has 0 aromatic heterocycles. The summed E-state index contributed by atoms with van der Waals surface area (Å²) in [5, 5.41) is 2.87. The summed E-state index contributed by atoms with van der Waals surface area (Å²) in [5.41, 5.74) is 1.63. The smallest absolute Gasteiger partial charge is 0.230 e. The number of thioether (sulfide) groups is 1. The summed E-state index contributed by atoms with van der Waals surface area (Å²) in [6, 6.07) is 14.3. The van der Waals surface area contributed by atoms with Crippen LogP contribution < -0.4 is 10.1 Å². The van der Waals surface area contributed by atoms with Crippen LogP contribution in [-0.4, -0.2) is 17.8 Å². The van der Waals surface area contributed by atoms with Crippen molar-refractivity contribution in [2.75, 3.05) is 5.75 Å². The molecule has 0 aliphatic rings. The first-order chi connectivity index (χ1) is 11.5. The number of nitrogens with one attached hydrogen (secondary N) is 1. The quantitative estimate of drug-likeness (QED) is 0.779. The number of carbonyl (C=O) groups excluding carboxylic acids is 1. The topological polar surface area (TPSA) is 38.3 Å². The molecule has 0 unspecified atom stereocenters. The van der Waals surface area contributed by atoms with Crippen LogP contribution in [0.15, 0.2) is 48.5 Å². The van der Waals surface area contributed by atoms with Gasteiger partial charge in [-0.05, 0) is 43.2 Å². The van der Waals surface area contributed by atoms with E-state index in [1.807, 2.05) is 38.1 Å². The van der Waals surface area contributed by atoms with Crippen LogP contribution in [0.3, 0.4) is 0 Å². The van der Waals surface area contributed by atoms with Gasteiger partial charge in [0.15, 0.2) is 0 Å². The number of amides is 1. The van der Waals surface area contributed by atoms with Crippen LogP contribution in [0.2, 0.25) is 0 Å². The van der Waals surface area contributed by atoms with Gasteiger partial charge in [0, 0.05) is 12.3 Å². The Kier molecular flexibility index (Phi) is 7.12. The monoisotopic (exact) mass is 347 g/mol. The van der Waals surface area contributed by atoms with Crippen LogP contribution in [0.4, 0.5) is 4.39 Å².